The Morgan fingerprint density at radius 2 is 2.16 bits per heavy atom. The fourth-order valence-electron chi connectivity index (χ4n) is 1.39. The van der Waals surface area contributed by atoms with E-state index in [-0.39, 0.29) is 29.1 Å². The summed E-state index contributed by atoms with van der Waals surface area (Å²) in [6, 6.07) is 1.39. The van der Waals surface area contributed by atoms with Crippen LogP contribution in [0, 0.1) is 5.92 Å². The molecule has 19 heavy (non-hydrogen) atoms. The Kier molecular flexibility index (Phi) is 4.88. The third-order valence-corrected chi connectivity index (χ3v) is 6.96. The lowest BCUT2D eigenvalue weighted by molar-refractivity contribution is -0.122. The summed E-state index contributed by atoms with van der Waals surface area (Å²) in [6.07, 6.45) is 1.86. The zero-order valence-electron chi connectivity index (χ0n) is 9.78. The van der Waals surface area contributed by atoms with Crippen molar-refractivity contribution in [1.82, 2.24) is 10.0 Å². The van der Waals surface area contributed by atoms with Gasteiger partial charge in [-0.2, -0.15) is 0 Å². The number of hydrogen-bond acceptors (Lipinski definition) is 4. The maximum absolute atomic E-state index is 11.9. The normalized spacial score (nSPS) is 15.5. The first kappa shape index (κ1) is 15.2. The number of nitrogens with one attached hydrogen (secondary N) is 2. The molecule has 1 aliphatic rings. The molecule has 0 bridgehead atoms. The molecule has 5 nitrogen and oxygen atoms in total. The molecular formula is C10H12BrClN2O3S2. The van der Waals surface area contributed by atoms with Crippen molar-refractivity contribution in [1.29, 1.82) is 0 Å². The van der Waals surface area contributed by atoms with Crippen LogP contribution in [0.15, 0.2) is 14.1 Å². The molecule has 1 fully saturated rings. The van der Waals surface area contributed by atoms with Crippen LogP contribution in [0.5, 0.6) is 0 Å². The van der Waals surface area contributed by atoms with E-state index in [1.807, 2.05) is 0 Å². The van der Waals surface area contributed by atoms with E-state index in [9.17, 15) is 13.2 Å². The average Bonchev–Trinajstić information content (AvgIpc) is 3.12. The van der Waals surface area contributed by atoms with Crippen LogP contribution in [0.4, 0.5) is 0 Å². The topological polar surface area (TPSA) is 75.3 Å². The van der Waals surface area contributed by atoms with Crippen molar-refractivity contribution in [2.45, 2.75) is 17.1 Å². The van der Waals surface area contributed by atoms with E-state index in [1.54, 1.807) is 0 Å². The van der Waals surface area contributed by atoms with E-state index in [0.717, 1.165) is 24.2 Å². The van der Waals surface area contributed by atoms with Crippen LogP contribution in [0.1, 0.15) is 12.8 Å². The minimum absolute atomic E-state index is 0.00103. The Labute approximate surface area is 128 Å². The summed E-state index contributed by atoms with van der Waals surface area (Å²) in [6.45, 7) is 0.447. The summed E-state index contributed by atoms with van der Waals surface area (Å²) in [5, 5.41) is 3.06. The SMILES string of the molecule is O=C(NCCNS(=O)(=O)c1cc(Cl)c(Br)s1)C1CC1. The van der Waals surface area contributed by atoms with Crippen molar-refractivity contribution in [3.8, 4) is 0 Å². The number of carbonyl (C=O) groups is 1. The smallest absolute Gasteiger partial charge is 0.250 e. The molecule has 0 atom stereocenters. The third kappa shape index (κ3) is 4.16. The first-order valence-corrected chi connectivity index (χ1v) is 9.09. The minimum Gasteiger partial charge on any atom is -0.355 e. The van der Waals surface area contributed by atoms with Gasteiger partial charge in [-0.25, -0.2) is 13.1 Å². The third-order valence-electron chi connectivity index (χ3n) is 2.55. The lowest BCUT2D eigenvalue weighted by Gasteiger charge is -2.06. The number of carbonyl (C=O) groups excluding carboxylic acids is 1. The summed E-state index contributed by atoms with van der Waals surface area (Å²) in [4.78, 5) is 11.3. The Hall–Kier alpha value is -0.150. The molecule has 1 heterocycles. The molecule has 1 aromatic rings. The fourth-order valence-corrected chi connectivity index (χ4v) is 4.87. The molecule has 1 aromatic heterocycles. The highest BCUT2D eigenvalue weighted by Gasteiger charge is 2.29. The van der Waals surface area contributed by atoms with Gasteiger partial charge in [0.05, 0.1) is 8.81 Å². The van der Waals surface area contributed by atoms with Gasteiger partial charge in [0.15, 0.2) is 0 Å². The second-order valence-corrected chi connectivity index (χ2v) is 8.92. The first-order chi connectivity index (χ1) is 8.90. The van der Waals surface area contributed by atoms with Crippen molar-refractivity contribution < 1.29 is 13.2 Å². The second kappa shape index (κ2) is 6.09. The van der Waals surface area contributed by atoms with Crippen molar-refractivity contribution in [3.63, 3.8) is 0 Å². The maximum Gasteiger partial charge on any atom is 0.250 e. The molecule has 0 aliphatic heterocycles. The Bertz CT molecular complexity index is 564. The summed E-state index contributed by atoms with van der Waals surface area (Å²) < 4.78 is 26.9. The largest absolute Gasteiger partial charge is 0.355 e. The zero-order chi connectivity index (χ0) is 14.0. The summed E-state index contributed by atoms with van der Waals surface area (Å²) in [5.74, 6) is 0.129. The molecule has 1 amide bonds. The van der Waals surface area contributed by atoms with Crippen LogP contribution >= 0.6 is 38.9 Å². The second-order valence-electron chi connectivity index (χ2n) is 4.15. The Morgan fingerprint density at radius 1 is 1.47 bits per heavy atom. The van der Waals surface area contributed by atoms with Gasteiger partial charge in [-0.3, -0.25) is 4.79 Å². The molecule has 0 aromatic carbocycles. The molecule has 0 saturated heterocycles. The standard InChI is InChI=1S/C10H12BrClN2O3S2/c11-9-7(12)5-8(18-9)19(16,17)14-4-3-13-10(15)6-1-2-6/h5-6,14H,1-4H2,(H,13,15). The van der Waals surface area contributed by atoms with E-state index < -0.39 is 10.0 Å². The molecular weight excluding hydrogens is 376 g/mol. The van der Waals surface area contributed by atoms with E-state index >= 15 is 0 Å². The maximum atomic E-state index is 11.9. The molecule has 106 valence electrons. The molecule has 0 spiro atoms. The summed E-state index contributed by atoms with van der Waals surface area (Å²) >= 11 is 10.0. The first-order valence-electron chi connectivity index (χ1n) is 5.62. The number of hydrogen-bond donors (Lipinski definition) is 2. The van der Waals surface area contributed by atoms with Gasteiger partial charge in [-0.1, -0.05) is 11.6 Å². The van der Waals surface area contributed by atoms with Gasteiger partial charge in [-0.15, -0.1) is 11.3 Å². The van der Waals surface area contributed by atoms with Gasteiger partial charge >= 0.3 is 0 Å². The average molecular weight is 388 g/mol. The molecule has 1 saturated carbocycles. The summed E-state index contributed by atoms with van der Waals surface area (Å²) in [5.41, 5.74) is 0. The van der Waals surface area contributed by atoms with E-state index in [1.165, 1.54) is 6.07 Å². The van der Waals surface area contributed by atoms with Gasteiger partial charge < -0.3 is 5.32 Å². The predicted octanol–water partition coefficient (Wildman–Crippen LogP) is 1.97. The van der Waals surface area contributed by atoms with Gasteiger partial charge in [0.1, 0.15) is 4.21 Å². The van der Waals surface area contributed by atoms with Crippen molar-refractivity contribution in [2.75, 3.05) is 13.1 Å². The minimum atomic E-state index is -3.56. The highest BCUT2D eigenvalue weighted by atomic mass is 79.9. The van der Waals surface area contributed by atoms with Crippen molar-refractivity contribution >= 4 is 54.8 Å². The number of rotatable bonds is 6. The number of halogens is 2. The molecule has 0 radical (unpaired) electrons. The van der Waals surface area contributed by atoms with Crippen LogP contribution in [0.25, 0.3) is 0 Å². The van der Waals surface area contributed by atoms with Crippen LogP contribution in [-0.2, 0) is 14.8 Å². The molecule has 1 aliphatic carbocycles. The number of sulfonamides is 1. The Balaban J connectivity index is 1.82. The monoisotopic (exact) mass is 386 g/mol. The van der Waals surface area contributed by atoms with Gasteiger partial charge in [0.25, 0.3) is 0 Å². The van der Waals surface area contributed by atoms with Crippen LogP contribution in [0.2, 0.25) is 5.02 Å². The summed E-state index contributed by atoms with van der Waals surface area (Å²) in [7, 11) is -3.56. The van der Waals surface area contributed by atoms with Crippen LogP contribution in [0.3, 0.4) is 0 Å². The molecule has 9 heteroatoms. The van der Waals surface area contributed by atoms with Crippen LogP contribution < -0.4 is 10.0 Å². The van der Waals surface area contributed by atoms with Crippen molar-refractivity contribution in [3.05, 3.63) is 14.9 Å². The molecule has 2 rings (SSSR count). The molecule has 2 N–H and O–H groups in total. The Morgan fingerprint density at radius 3 is 2.68 bits per heavy atom. The van der Waals surface area contributed by atoms with Gasteiger partial charge in [0, 0.05) is 19.0 Å². The van der Waals surface area contributed by atoms with E-state index in [2.05, 4.69) is 26.0 Å². The van der Waals surface area contributed by atoms with Crippen molar-refractivity contribution in [2.24, 2.45) is 5.92 Å². The molecule has 0 unspecified atom stereocenters. The number of amides is 1. The highest BCUT2D eigenvalue weighted by Crippen LogP contribution is 2.34. The van der Waals surface area contributed by atoms with E-state index in [0.29, 0.717) is 8.81 Å². The quantitative estimate of drug-likeness (QED) is 0.733. The van der Waals surface area contributed by atoms with Gasteiger partial charge in [0.2, 0.25) is 15.9 Å². The van der Waals surface area contributed by atoms with E-state index in [4.69, 9.17) is 11.6 Å². The van der Waals surface area contributed by atoms with Gasteiger partial charge in [-0.05, 0) is 34.8 Å². The fraction of sp³-hybridized carbons (Fsp3) is 0.500. The zero-order valence-corrected chi connectivity index (χ0v) is 13.8. The highest BCUT2D eigenvalue weighted by molar-refractivity contribution is 9.11. The lowest BCUT2D eigenvalue weighted by Crippen LogP contribution is -2.35. The van der Waals surface area contributed by atoms with Crippen LogP contribution in [-0.4, -0.2) is 27.4 Å². The lowest BCUT2D eigenvalue weighted by atomic mass is 10.4. The number of thiophene rings is 1. The predicted molar refractivity (Wildman–Crippen MR) is 78.0 cm³/mol.